The van der Waals surface area contributed by atoms with Crippen molar-refractivity contribution in [1.82, 2.24) is 0 Å². The zero-order chi connectivity index (χ0) is 9.15. The molecule has 0 amide bonds. The summed E-state index contributed by atoms with van der Waals surface area (Å²) in [5.74, 6) is 0. The molecule has 0 fully saturated rings. The summed E-state index contributed by atoms with van der Waals surface area (Å²) in [5.41, 5.74) is 0. The Kier molecular flexibility index (Phi) is 71.2. The number of rotatable bonds is 0. The monoisotopic (exact) mass is 725 g/mol. The van der Waals surface area contributed by atoms with E-state index in [0.717, 1.165) is 0 Å². The molecule has 0 aliphatic rings. The zero-order valence-corrected chi connectivity index (χ0v) is 16.5. The Hall–Kier alpha value is 2.25. The Morgan fingerprint density at radius 2 is 0.667 bits per heavy atom. The van der Waals surface area contributed by atoms with Gasteiger partial charge in [-0.15, -0.1) is 0 Å². The molecule has 0 bridgehead atoms. The fraction of sp³-hybridized carbons (Fsp3) is 0. The van der Waals surface area contributed by atoms with Gasteiger partial charge in [0.25, 0.3) is 0 Å². The first kappa shape index (κ1) is 29.2. The van der Waals surface area contributed by atoms with Gasteiger partial charge in [-0.25, -0.2) is 0 Å². The first-order valence-corrected chi connectivity index (χ1v) is 9.83. The molecule has 0 spiro atoms. The molecular weight excluding hydrogens is 720 g/mol. The fourth-order valence-electron chi connectivity index (χ4n) is 0. The van der Waals surface area contributed by atoms with Gasteiger partial charge >= 0.3 is 54.8 Å². The third kappa shape index (κ3) is 306. The molecule has 12 heavy (non-hydrogen) atoms. The quantitative estimate of drug-likeness (QED) is 0.158. The molecule has 0 N–H and O–H groups in total. The van der Waals surface area contributed by atoms with Crippen LogP contribution in [-0.2, 0) is 109 Å². The second-order valence-corrected chi connectivity index (χ2v) is 3.34. The van der Waals surface area contributed by atoms with E-state index in [1.165, 1.54) is 0 Å². The fourth-order valence-corrected chi connectivity index (χ4v) is 0. The standard InChI is InChI=1S/2Mo.6O.H2S2.2W/c;;;;;;;;1-2;;/h;;;;;;;;1-2H;;/p-1. The molecule has 6 nitrogen and oxygen atoms in total. The van der Waals surface area contributed by atoms with Crippen LogP contribution < -0.4 is 0 Å². The third-order valence-electron chi connectivity index (χ3n) is 0. The van der Waals surface area contributed by atoms with E-state index in [-0.39, 0.29) is 42.1 Å². The minimum absolute atomic E-state index is 0. The second kappa shape index (κ2) is 29.2. The molecule has 0 aromatic carbocycles. The molecule has 74 valence electrons. The number of hydrogen-bond acceptors (Lipinski definition) is 8. The average molecular weight is 721 g/mol. The molecule has 0 aliphatic heterocycles. The van der Waals surface area contributed by atoms with Crippen LogP contribution in [-0.4, -0.2) is 0 Å². The van der Waals surface area contributed by atoms with E-state index in [1.807, 2.05) is 0 Å². The second-order valence-electron chi connectivity index (χ2n) is 0.408. The molecule has 0 unspecified atom stereocenters. The maximum absolute atomic E-state index is 8.61. The summed E-state index contributed by atoms with van der Waals surface area (Å²) in [4.78, 5) is 0. The minimum Gasteiger partial charge on any atom is -0.723 e. The number of thiol groups is 1. The predicted octanol–water partition coefficient (Wildman–Crippen LogP) is -0.345. The van der Waals surface area contributed by atoms with Gasteiger partial charge in [0.05, 0.1) is 0 Å². The molecule has 0 saturated carbocycles. The van der Waals surface area contributed by atoms with Gasteiger partial charge in [0, 0.05) is 42.1 Å². The van der Waals surface area contributed by atoms with Gasteiger partial charge < -0.3 is 23.3 Å². The van der Waals surface area contributed by atoms with Crippen molar-refractivity contribution in [2.45, 2.75) is 0 Å². The molecule has 0 aromatic heterocycles. The maximum atomic E-state index is 8.61. The van der Waals surface area contributed by atoms with Crippen molar-refractivity contribution in [1.29, 1.82) is 0 Å². The van der Waals surface area contributed by atoms with Crippen molar-refractivity contribution in [3.8, 4) is 0 Å². The summed E-state index contributed by atoms with van der Waals surface area (Å²) < 4.78 is 51.7. The van der Waals surface area contributed by atoms with E-state index in [4.69, 9.17) is 20.4 Å². The Labute approximate surface area is 118 Å². The number of hydrogen-bond donors (Lipinski definition) is 1. The molecule has 0 aromatic rings. The first-order chi connectivity index (χ1) is 4.46. The molecular formula is HMo2O6S2W2-. The van der Waals surface area contributed by atoms with Gasteiger partial charge in [0.2, 0.25) is 0 Å². The van der Waals surface area contributed by atoms with Crippen LogP contribution in [0.25, 0.3) is 0 Å². The van der Waals surface area contributed by atoms with Gasteiger partial charge in [-0.2, -0.15) is 0 Å². The molecule has 0 aliphatic carbocycles. The summed E-state index contributed by atoms with van der Waals surface area (Å²) in [6.07, 6.45) is 0. The van der Waals surface area contributed by atoms with Gasteiger partial charge in [-0.3, -0.25) is 0 Å². The SMILES string of the molecule is [Mo].[Mo].[O]=[W](=[O])=[O].[O]=[W](=[O])=[O].[S-]S. The van der Waals surface area contributed by atoms with Crippen LogP contribution in [0, 0.1) is 0 Å². The molecule has 0 heterocycles. The van der Waals surface area contributed by atoms with Crippen LogP contribution in [0.15, 0.2) is 0 Å². The predicted molar refractivity (Wildman–Crippen MR) is 20.5 cm³/mol. The van der Waals surface area contributed by atoms with Gasteiger partial charge in [0.15, 0.2) is 0 Å². The smallest absolute Gasteiger partial charge is 0.350 e. The summed E-state index contributed by atoms with van der Waals surface area (Å²) in [6, 6.07) is 0. The maximum Gasteiger partial charge on any atom is -0.350 e. The summed E-state index contributed by atoms with van der Waals surface area (Å²) in [7, 11) is 0. The van der Waals surface area contributed by atoms with Crippen LogP contribution in [0.1, 0.15) is 0 Å². The van der Waals surface area contributed by atoms with Crippen molar-refractivity contribution in [2.24, 2.45) is 0 Å². The van der Waals surface area contributed by atoms with E-state index in [1.54, 1.807) is 0 Å². The van der Waals surface area contributed by atoms with Crippen molar-refractivity contribution >= 4 is 23.3 Å². The molecule has 0 saturated heterocycles. The van der Waals surface area contributed by atoms with E-state index in [2.05, 4.69) is 23.3 Å². The van der Waals surface area contributed by atoms with E-state index >= 15 is 0 Å². The summed E-state index contributed by atoms with van der Waals surface area (Å²) >= 11 is -1.67. The minimum atomic E-state index is -4.28. The third-order valence-corrected chi connectivity index (χ3v) is 0. The van der Waals surface area contributed by atoms with Crippen LogP contribution in [0.5, 0.6) is 0 Å². The summed E-state index contributed by atoms with van der Waals surface area (Å²) in [5, 5.41) is 0. The molecule has 0 atom stereocenters. The van der Waals surface area contributed by atoms with Crippen molar-refractivity contribution in [2.75, 3.05) is 0 Å². The Balaban J connectivity index is -0.0000000198. The topological polar surface area (TPSA) is 102 Å². The average Bonchev–Trinajstić information content (AvgIpc) is 1.66. The first-order valence-electron chi connectivity index (χ1n) is 1.18. The van der Waals surface area contributed by atoms with Gasteiger partial charge in [-0.05, 0) is 0 Å². The van der Waals surface area contributed by atoms with E-state index < -0.39 is 34.4 Å². The van der Waals surface area contributed by atoms with Crippen LogP contribution in [0.3, 0.4) is 0 Å². The van der Waals surface area contributed by atoms with Gasteiger partial charge in [0.1, 0.15) is 0 Å². The van der Waals surface area contributed by atoms with Gasteiger partial charge in [-0.1, -0.05) is 0 Å². The van der Waals surface area contributed by atoms with E-state index in [9.17, 15) is 0 Å². The Bertz CT molecular complexity index is 190. The van der Waals surface area contributed by atoms with Crippen molar-refractivity contribution in [3.63, 3.8) is 0 Å². The Morgan fingerprint density at radius 1 is 0.667 bits per heavy atom. The molecule has 0 radical (unpaired) electrons. The van der Waals surface area contributed by atoms with Crippen molar-refractivity contribution in [3.05, 3.63) is 0 Å². The Morgan fingerprint density at radius 3 is 0.667 bits per heavy atom. The van der Waals surface area contributed by atoms with Crippen molar-refractivity contribution < 1.29 is 96.9 Å². The normalized spacial score (nSPS) is 4.50. The largest absolute Gasteiger partial charge is 0.723 e. The summed E-state index contributed by atoms with van der Waals surface area (Å²) in [6.45, 7) is 0. The molecule has 12 heteroatoms. The zero-order valence-electron chi connectivity index (χ0n) is 4.94. The van der Waals surface area contributed by atoms with Crippen LogP contribution >= 0.6 is 11.7 Å². The van der Waals surface area contributed by atoms with E-state index in [0.29, 0.717) is 0 Å². The van der Waals surface area contributed by atoms with Crippen LogP contribution in [0.2, 0.25) is 0 Å². The van der Waals surface area contributed by atoms with Crippen LogP contribution in [0.4, 0.5) is 0 Å². The molecule has 0 rings (SSSR count).